The second-order valence-electron chi connectivity index (χ2n) is 4.40. The van der Waals surface area contributed by atoms with Crippen LogP contribution >= 0.6 is 11.3 Å². The van der Waals surface area contributed by atoms with Gasteiger partial charge in [0, 0.05) is 0 Å². The highest BCUT2D eigenvalue weighted by atomic mass is 32.1. The summed E-state index contributed by atoms with van der Waals surface area (Å²) in [6, 6.07) is 0. The Balaban J connectivity index is 2.45. The predicted octanol–water partition coefficient (Wildman–Crippen LogP) is 2.01. The van der Waals surface area contributed by atoms with Gasteiger partial charge in [0.2, 0.25) is 0 Å². The minimum absolute atomic E-state index is 0.277. The van der Waals surface area contributed by atoms with Crippen LogP contribution in [0.5, 0.6) is 0 Å². The lowest BCUT2D eigenvalue weighted by atomic mass is 10.1. The number of rotatable bonds is 4. The monoisotopic (exact) mass is 266 g/mol. The molecule has 2 aromatic heterocycles. The van der Waals surface area contributed by atoms with E-state index in [0.717, 1.165) is 11.3 Å². The average Bonchev–Trinajstić information content (AvgIpc) is 2.83. The number of hydrogen-bond acceptors (Lipinski definition) is 5. The molecule has 0 saturated heterocycles. The number of thiazole rings is 1. The number of carbonyl (C=O) groups is 1. The molecule has 0 fully saturated rings. The number of H-pyrrole nitrogens is 1. The van der Waals surface area contributed by atoms with Crippen molar-refractivity contribution in [3.05, 3.63) is 16.8 Å². The summed E-state index contributed by atoms with van der Waals surface area (Å²) in [7, 11) is 0. The van der Waals surface area contributed by atoms with Crippen molar-refractivity contribution >= 4 is 23.1 Å². The summed E-state index contributed by atoms with van der Waals surface area (Å²) < 4.78 is 0. The van der Waals surface area contributed by atoms with Gasteiger partial charge in [0.25, 0.3) is 0 Å². The fourth-order valence-electron chi connectivity index (χ4n) is 1.63. The predicted molar refractivity (Wildman–Crippen MR) is 69.6 cm³/mol. The zero-order valence-electron chi connectivity index (χ0n) is 10.1. The van der Waals surface area contributed by atoms with Crippen LogP contribution in [0.25, 0.3) is 10.6 Å². The third-order valence-electron chi connectivity index (χ3n) is 2.39. The molecule has 0 aliphatic carbocycles. The Morgan fingerprint density at radius 3 is 2.83 bits per heavy atom. The van der Waals surface area contributed by atoms with E-state index in [-0.39, 0.29) is 4.88 Å². The summed E-state index contributed by atoms with van der Waals surface area (Å²) in [5.41, 5.74) is 6.97. The number of nitrogens with one attached hydrogen (secondary N) is 1. The van der Waals surface area contributed by atoms with Crippen molar-refractivity contribution in [3.63, 3.8) is 0 Å². The molecule has 7 heteroatoms. The normalized spacial score (nSPS) is 11.1. The van der Waals surface area contributed by atoms with E-state index in [2.05, 4.69) is 15.2 Å². The third-order valence-corrected chi connectivity index (χ3v) is 3.51. The van der Waals surface area contributed by atoms with Gasteiger partial charge in [-0.25, -0.2) is 9.78 Å². The van der Waals surface area contributed by atoms with Crippen molar-refractivity contribution < 1.29 is 9.90 Å². The summed E-state index contributed by atoms with van der Waals surface area (Å²) in [6.07, 6.45) is 2.19. The van der Waals surface area contributed by atoms with Crippen molar-refractivity contribution in [2.75, 3.05) is 5.73 Å². The first kappa shape index (κ1) is 12.6. The largest absolute Gasteiger partial charge is 0.477 e. The average molecular weight is 266 g/mol. The van der Waals surface area contributed by atoms with Gasteiger partial charge in [-0.3, -0.25) is 5.10 Å². The van der Waals surface area contributed by atoms with Crippen LogP contribution in [-0.2, 0) is 6.42 Å². The zero-order valence-corrected chi connectivity index (χ0v) is 10.9. The molecular formula is C11H14N4O2S. The molecule has 6 nitrogen and oxygen atoms in total. The molecule has 96 valence electrons. The van der Waals surface area contributed by atoms with Crippen LogP contribution in [-0.4, -0.2) is 26.3 Å². The van der Waals surface area contributed by atoms with Crippen molar-refractivity contribution in [2.45, 2.75) is 20.3 Å². The number of carboxylic acid groups (broad SMARTS) is 1. The summed E-state index contributed by atoms with van der Waals surface area (Å²) in [6.45, 7) is 4.05. The molecule has 2 heterocycles. The molecule has 2 aromatic rings. The fourth-order valence-corrected chi connectivity index (χ4v) is 2.58. The Hall–Kier alpha value is -1.89. The molecule has 0 radical (unpaired) electrons. The van der Waals surface area contributed by atoms with Crippen LogP contribution in [0.4, 0.5) is 5.82 Å². The highest BCUT2D eigenvalue weighted by molar-refractivity contribution is 7.17. The quantitative estimate of drug-likeness (QED) is 0.785. The van der Waals surface area contributed by atoms with E-state index < -0.39 is 5.97 Å². The van der Waals surface area contributed by atoms with E-state index >= 15 is 0 Å². The molecular weight excluding hydrogens is 252 g/mol. The summed E-state index contributed by atoms with van der Waals surface area (Å²) >= 11 is 1.13. The lowest BCUT2D eigenvalue weighted by Gasteiger charge is -2.01. The SMILES string of the molecule is CC(C)Cc1nc(-c2cn[nH]c2N)sc1C(=O)O. The van der Waals surface area contributed by atoms with Gasteiger partial charge in [-0.05, 0) is 12.3 Å². The highest BCUT2D eigenvalue weighted by Gasteiger charge is 2.20. The summed E-state index contributed by atoms with van der Waals surface area (Å²) in [5.74, 6) is -0.201. The van der Waals surface area contributed by atoms with Gasteiger partial charge in [0.1, 0.15) is 15.7 Å². The summed E-state index contributed by atoms with van der Waals surface area (Å²) in [4.78, 5) is 15.8. The second kappa shape index (κ2) is 4.77. The Bertz CT molecular complexity index is 573. The Morgan fingerprint density at radius 1 is 1.61 bits per heavy atom. The molecule has 0 unspecified atom stereocenters. The number of hydrogen-bond donors (Lipinski definition) is 3. The van der Waals surface area contributed by atoms with E-state index in [4.69, 9.17) is 5.73 Å². The Kier molecular flexibility index (Phi) is 3.33. The minimum atomic E-state index is -0.948. The van der Waals surface area contributed by atoms with Gasteiger partial charge in [-0.2, -0.15) is 5.10 Å². The van der Waals surface area contributed by atoms with E-state index in [1.54, 1.807) is 6.20 Å². The molecule has 0 aromatic carbocycles. The Labute approximate surface area is 108 Å². The van der Waals surface area contributed by atoms with E-state index in [0.29, 0.717) is 34.4 Å². The number of nitrogens with zero attached hydrogens (tertiary/aromatic N) is 2. The number of aromatic amines is 1. The highest BCUT2D eigenvalue weighted by Crippen LogP contribution is 2.31. The molecule has 0 bridgehead atoms. The zero-order chi connectivity index (χ0) is 13.3. The van der Waals surface area contributed by atoms with Gasteiger partial charge in [-0.1, -0.05) is 13.8 Å². The first-order valence-electron chi connectivity index (χ1n) is 5.51. The third kappa shape index (κ3) is 2.35. The second-order valence-corrected chi connectivity index (χ2v) is 5.39. The number of nitrogens with two attached hydrogens (primary N) is 1. The van der Waals surface area contributed by atoms with Gasteiger partial charge in [0.05, 0.1) is 17.5 Å². The summed E-state index contributed by atoms with van der Waals surface area (Å²) in [5, 5.41) is 16.2. The minimum Gasteiger partial charge on any atom is -0.477 e. The van der Waals surface area contributed by atoms with Crippen molar-refractivity contribution in [1.29, 1.82) is 0 Å². The van der Waals surface area contributed by atoms with E-state index in [1.165, 1.54) is 0 Å². The van der Waals surface area contributed by atoms with Crippen LogP contribution in [0.1, 0.15) is 29.2 Å². The molecule has 4 N–H and O–H groups in total. The van der Waals surface area contributed by atoms with Crippen LogP contribution in [0.3, 0.4) is 0 Å². The first-order valence-corrected chi connectivity index (χ1v) is 6.33. The standard InChI is InChI=1S/C11H14N4O2S/c1-5(2)3-7-8(11(16)17)18-10(14-7)6-4-13-15-9(6)12/h4-5H,3H2,1-2H3,(H,16,17)(H3,12,13,15). The molecule has 0 aliphatic rings. The lowest BCUT2D eigenvalue weighted by Crippen LogP contribution is -2.02. The maximum atomic E-state index is 11.2. The van der Waals surface area contributed by atoms with Crippen molar-refractivity contribution in [1.82, 2.24) is 15.2 Å². The van der Waals surface area contributed by atoms with Crippen LogP contribution in [0.2, 0.25) is 0 Å². The van der Waals surface area contributed by atoms with Crippen molar-refractivity contribution in [3.8, 4) is 10.6 Å². The number of nitrogen functional groups attached to an aromatic ring is 1. The number of anilines is 1. The molecule has 0 amide bonds. The van der Waals surface area contributed by atoms with Gasteiger partial charge in [-0.15, -0.1) is 11.3 Å². The van der Waals surface area contributed by atoms with E-state index in [1.807, 2.05) is 13.8 Å². The first-order chi connectivity index (χ1) is 8.49. The number of aromatic nitrogens is 3. The topological polar surface area (TPSA) is 105 Å². The number of aromatic carboxylic acids is 1. The van der Waals surface area contributed by atoms with Crippen LogP contribution in [0, 0.1) is 5.92 Å². The van der Waals surface area contributed by atoms with Crippen LogP contribution in [0.15, 0.2) is 6.20 Å². The molecule has 0 atom stereocenters. The molecule has 0 saturated carbocycles. The van der Waals surface area contributed by atoms with E-state index in [9.17, 15) is 9.90 Å². The van der Waals surface area contributed by atoms with Crippen LogP contribution < -0.4 is 5.73 Å². The fraction of sp³-hybridized carbons (Fsp3) is 0.364. The van der Waals surface area contributed by atoms with Crippen molar-refractivity contribution in [2.24, 2.45) is 5.92 Å². The molecule has 2 rings (SSSR count). The maximum Gasteiger partial charge on any atom is 0.347 e. The van der Waals surface area contributed by atoms with Gasteiger partial charge in [0.15, 0.2) is 0 Å². The van der Waals surface area contributed by atoms with Gasteiger partial charge >= 0.3 is 5.97 Å². The molecule has 0 aliphatic heterocycles. The molecule has 18 heavy (non-hydrogen) atoms. The van der Waals surface area contributed by atoms with Gasteiger partial charge < -0.3 is 10.8 Å². The molecule has 0 spiro atoms. The maximum absolute atomic E-state index is 11.2. The lowest BCUT2D eigenvalue weighted by molar-refractivity contribution is 0.0700. The Morgan fingerprint density at radius 2 is 2.33 bits per heavy atom. The number of carboxylic acids is 1. The smallest absolute Gasteiger partial charge is 0.347 e.